The highest BCUT2D eigenvalue weighted by atomic mass is 32.2. The zero-order valence-electron chi connectivity index (χ0n) is 23.5. The smallest absolute Gasteiger partial charge is 0.258 e. The standard InChI is InChI=1S/C32H33FN4O3S/c1-20-13-23(21(2)35-27-7-5-6-8-29(27)41(4)39)24-16-28(36(3)31(38)25(24)14-20)22-15-26(33)30(34-17-22)37-11-9-32(10-12-37)18-40-19-32/h5-8,13-17,35H,2,9-12,18-19H2,1,3-4H3. The number of piperidine rings is 1. The quantitative estimate of drug-likeness (QED) is 0.330. The maximum Gasteiger partial charge on any atom is 0.258 e. The van der Waals surface area contributed by atoms with Crippen molar-refractivity contribution >= 4 is 38.8 Å². The second-order valence-electron chi connectivity index (χ2n) is 11.2. The van der Waals surface area contributed by atoms with Crippen LogP contribution in [0.5, 0.6) is 0 Å². The molecule has 2 fully saturated rings. The average molecular weight is 573 g/mol. The second kappa shape index (κ2) is 10.5. The molecule has 0 aliphatic carbocycles. The van der Waals surface area contributed by atoms with Gasteiger partial charge in [0, 0.05) is 60.2 Å². The summed E-state index contributed by atoms with van der Waals surface area (Å²) in [5, 5.41) is 4.53. The van der Waals surface area contributed by atoms with Crippen LogP contribution in [0, 0.1) is 18.2 Å². The minimum atomic E-state index is -1.20. The Morgan fingerprint density at radius 3 is 2.51 bits per heavy atom. The third kappa shape index (κ3) is 4.97. The van der Waals surface area contributed by atoms with E-state index in [4.69, 9.17) is 4.74 Å². The predicted octanol–water partition coefficient (Wildman–Crippen LogP) is 5.49. The Labute approximate surface area is 241 Å². The van der Waals surface area contributed by atoms with Crippen molar-refractivity contribution in [2.75, 3.05) is 42.8 Å². The lowest BCUT2D eigenvalue weighted by atomic mass is 9.77. The van der Waals surface area contributed by atoms with E-state index >= 15 is 4.39 Å². The number of aryl methyl sites for hydroxylation is 1. The minimum absolute atomic E-state index is 0.196. The predicted molar refractivity (Wildman–Crippen MR) is 163 cm³/mol. The average Bonchev–Trinajstić information content (AvgIpc) is 2.94. The Morgan fingerprint density at radius 1 is 1.12 bits per heavy atom. The molecule has 4 heterocycles. The number of fused-ring (bicyclic) bond motifs is 1. The highest BCUT2D eigenvalue weighted by Gasteiger charge is 2.41. The molecule has 1 N–H and O–H groups in total. The zero-order chi connectivity index (χ0) is 28.9. The normalized spacial score (nSPS) is 16.9. The Kier molecular flexibility index (Phi) is 7.03. The lowest BCUT2D eigenvalue weighted by Gasteiger charge is -2.47. The van der Waals surface area contributed by atoms with Crippen LogP contribution in [0.2, 0.25) is 0 Å². The van der Waals surface area contributed by atoms with E-state index in [0.29, 0.717) is 44.1 Å². The van der Waals surface area contributed by atoms with E-state index in [0.717, 1.165) is 50.3 Å². The van der Waals surface area contributed by atoms with Crippen LogP contribution in [0.25, 0.3) is 27.7 Å². The molecule has 41 heavy (non-hydrogen) atoms. The van der Waals surface area contributed by atoms with E-state index in [-0.39, 0.29) is 11.0 Å². The number of hydrogen-bond donors (Lipinski definition) is 1. The van der Waals surface area contributed by atoms with Gasteiger partial charge in [0.05, 0.1) is 40.3 Å². The Hall–Kier alpha value is -3.82. The first-order valence-electron chi connectivity index (χ1n) is 13.7. The number of pyridine rings is 2. The van der Waals surface area contributed by atoms with Crippen LogP contribution in [0.4, 0.5) is 15.9 Å². The van der Waals surface area contributed by atoms with Crippen molar-refractivity contribution in [3.8, 4) is 11.3 Å². The maximum atomic E-state index is 15.5. The summed E-state index contributed by atoms with van der Waals surface area (Å²) in [7, 11) is 0.493. The number of nitrogens with zero attached hydrogens (tertiary/aromatic N) is 3. The van der Waals surface area contributed by atoms with Crippen LogP contribution in [-0.2, 0) is 22.6 Å². The molecular weight excluding hydrogens is 539 g/mol. The lowest BCUT2D eigenvalue weighted by molar-refractivity contribution is -0.124. The van der Waals surface area contributed by atoms with Crippen LogP contribution >= 0.6 is 0 Å². The van der Waals surface area contributed by atoms with E-state index in [9.17, 15) is 9.00 Å². The number of para-hydroxylation sites is 1. The minimum Gasteiger partial charge on any atom is -0.380 e. The van der Waals surface area contributed by atoms with Crippen molar-refractivity contribution in [3.05, 3.63) is 88.6 Å². The van der Waals surface area contributed by atoms with Crippen molar-refractivity contribution in [3.63, 3.8) is 0 Å². The first-order chi connectivity index (χ1) is 19.7. The number of ether oxygens (including phenoxy) is 1. The van der Waals surface area contributed by atoms with Gasteiger partial charge in [-0.1, -0.05) is 18.7 Å². The van der Waals surface area contributed by atoms with Crippen molar-refractivity contribution in [1.82, 2.24) is 9.55 Å². The van der Waals surface area contributed by atoms with Gasteiger partial charge >= 0.3 is 0 Å². The van der Waals surface area contributed by atoms with Crippen molar-refractivity contribution < 1.29 is 13.3 Å². The molecule has 2 aromatic carbocycles. The van der Waals surface area contributed by atoms with E-state index in [1.165, 1.54) is 10.6 Å². The Bertz CT molecular complexity index is 1770. The van der Waals surface area contributed by atoms with Gasteiger partial charge in [-0.3, -0.25) is 9.00 Å². The number of nitrogens with one attached hydrogen (secondary N) is 1. The van der Waals surface area contributed by atoms with Crippen molar-refractivity contribution in [2.24, 2.45) is 12.5 Å². The molecule has 0 saturated carbocycles. The molecule has 4 aromatic rings. The van der Waals surface area contributed by atoms with Crippen LogP contribution in [0.15, 0.2) is 71.0 Å². The SMILES string of the molecule is C=C(Nc1ccccc1S(C)=O)c1cc(C)cc2c(=O)n(C)c(-c3cnc(N4CCC5(CC4)COC5)c(F)c3)cc12. The van der Waals surface area contributed by atoms with Gasteiger partial charge in [-0.05, 0) is 67.1 Å². The molecule has 212 valence electrons. The monoisotopic (exact) mass is 572 g/mol. The summed E-state index contributed by atoms with van der Waals surface area (Å²) in [5.74, 6) is -0.0641. The lowest BCUT2D eigenvalue weighted by Crippen LogP contribution is -2.51. The summed E-state index contributed by atoms with van der Waals surface area (Å²) in [4.78, 5) is 20.8. The van der Waals surface area contributed by atoms with Gasteiger partial charge in [-0.2, -0.15) is 0 Å². The maximum absolute atomic E-state index is 15.5. The van der Waals surface area contributed by atoms with Crippen LogP contribution < -0.4 is 15.8 Å². The number of benzene rings is 2. The first kappa shape index (κ1) is 27.4. The Morgan fingerprint density at radius 2 is 1.85 bits per heavy atom. The molecule has 9 heteroatoms. The van der Waals surface area contributed by atoms with Crippen LogP contribution in [0.1, 0.15) is 24.0 Å². The summed E-state index contributed by atoms with van der Waals surface area (Å²) >= 11 is 0. The van der Waals surface area contributed by atoms with Gasteiger partial charge in [0.15, 0.2) is 11.6 Å². The third-order valence-electron chi connectivity index (χ3n) is 8.37. The summed E-state index contributed by atoms with van der Waals surface area (Å²) in [5.41, 5.74) is 4.02. The molecular formula is C32H33FN4O3S. The second-order valence-corrected chi connectivity index (χ2v) is 12.6. The fraction of sp³-hybridized carbons (Fsp3) is 0.312. The largest absolute Gasteiger partial charge is 0.380 e. The number of anilines is 2. The molecule has 2 aromatic heterocycles. The number of rotatable bonds is 6. The zero-order valence-corrected chi connectivity index (χ0v) is 24.3. The van der Waals surface area contributed by atoms with E-state index in [1.807, 2.05) is 54.3 Å². The fourth-order valence-electron chi connectivity index (χ4n) is 5.91. The van der Waals surface area contributed by atoms with Gasteiger partial charge in [0.1, 0.15) is 0 Å². The summed E-state index contributed by atoms with van der Waals surface area (Å²) in [6.07, 6.45) is 5.20. The first-order valence-corrected chi connectivity index (χ1v) is 15.2. The number of aromatic nitrogens is 2. The summed E-state index contributed by atoms with van der Waals surface area (Å²) in [6.45, 7) is 9.26. The van der Waals surface area contributed by atoms with Crippen molar-refractivity contribution in [1.29, 1.82) is 0 Å². The summed E-state index contributed by atoms with van der Waals surface area (Å²) in [6, 6.07) is 14.5. The molecule has 1 spiro atoms. The molecule has 1 unspecified atom stereocenters. The molecule has 0 amide bonds. The molecule has 6 rings (SSSR count). The molecule has 0 radical (unpaired) electrons. The van der Waals surface area contributed by atoms with E-state index in [1.54, 1.807) is 19.5 Å². The molecule has 0 bridgehead atoms. The highest BCUT2D eigenvalue weighted by Crippen LogP contribution is 2.40. The van der Waals surface area contributed by atoms with Gasteiger partial charge < -0.3 is 19.5 Å². The van der Waals surface area contributed by atoms with Crippen molar-refractivity contribution in [2.45, 2.75) is 24.7 Å². The third-order valence-corrected chi connectivity index (χ3v) is 9.34. The summed E-state index contributed by atoms with van der Waals surface area (Å²) < 4.78 is 34.7. The molecule has 7 nitrogen and oxygen atoms in total. The number of halogens is 1. The molecule has 2 aliphatic heterocycles. The van der Waals surface area contributed by atoms with Crippen LogP contribution in [-0.4, -0.2) is 46.3 Å². The van der Waals surface area contributed by atoms with Gasteiger partial charge in [0.25, 0.3) is 5.56 Å². The molecule has 2 aliphatic rings. The van der Waals surface area contributed by atoms with E-state index in [2.05, 4.69) is 16.9 Å². The van der Waals surface area contributed by atoms with E-state index < -0.39 is 16.6 Å². The topological polar surface area (TPSA) is 76.5 Å². The van der Waals surface area contributed by atoms with Gasteiger partial charge in [-0.25, -0.2) is 9.37 Å². The number of hydrogen-bond acceptors (Lipinski definition) is 6. The van der Waals surface area contributed by atoms with Gasteiger partial charge in [-0.15, -0.1) is 0 Å². The highest BCUT2D eigenvalue weighted by molar-refractivity contribution is 7.84. The fourth-order valence-corrected chi connectivity index (χ4v) is 6.61. The molecule has 1 atom stereocenters. The molecule has 2 saturated heterocycles. The van der Waals surface area contributed by atoms with Gasteiger partial charge in [0.2, 0.25) is 0 Å². The Balaban J connectivity index is 1.37. The van der Waals surface area contributed by atoms with Crippen LogP contribution in [0.3, 0.4) is 0 Å².